The van der Waals surface area contributed by atoms with E-state index in [2.05, 4.69) is 10.2 Å². The van der Waals surface area contributed by atoms with Gasteiger partial charge in [0, 0.05) is 5.54 Å². The summed E-state index contributed by atoms with van der Waals surface area (Å²) in [5.41, 5.74) is 6.78. The molecule has 0 saturated heterocycles. The number of nitrogens with zero attached hydrogens (tertiary/aromatic N) is 2. The van der Waals surface area contributed by atoms with Crippen LogP contribution in [0.5, 0.6) is 0 Å². The highest BCUT2D eigenvalue weighted by Gasteiger charge is 2.37. The van der Waals surface area contributed by atoms with Gasteiger partial charge >= 0.3 is 5.97 Å². The Balaban J connectivity index is 2.01. The molecule has 0 amide bonds. The number of carboxylic acids is 1. The van der Waals surface area contributed by atoms with Gasteiger partial charge in [-0.3, -0.25) is 0 Å². The monoisotopic (exact) mass is 207 g/mol. The average molecular weight is 207 g/mol. The van der Waals surface area contributed by atoms with E-state index in [9.17, 15) is 4.79 Å². The molecule has 0 unspecified atom stereocenters. The smallest absolute Gasteiger partial charge is 0.337 e. The minimum absolute atomic E-state index is 0.0269. The van der Waals surface area contributed by atoms with Crippen molar-refractivity contribution in [2.24, 2.45) is 5.73 Å². The first-order chi connectivity index (χ1) is 7.09. The van der Waals surface area contributed by atoms with Crippen molar-refractivity contribution < 1.29 is 9.90 Å². The fourth-order valence-corrected chi connectivity index (χ4v) is 1.44. The predicted molar refractivity (Wildman–Crippen MR) is 53.5 cm³/mol. The molecule has 0 bridgehead atoms. The van der Waals surface area contributed by atoms with Crippen molar-refractivity contribution in [2.45, 2.75) is 31.2 Å². The molecule has 3 N–H and O–H groups in total. The van der Waals surface area contributed by atoms with E-state index in [1.54, 1.807) is 6.07 Å². The molecule has 0 aromatic carbocycles. The van der Waals surface area contributed by atoms with E-state index in [0.29, 0.717) is 12.1 Å². The van der Waals surface area contributed by atoms with Gasteiger partial charge < -0.3 is 10.8 Å². The maximum absolute atomic E-state index is 10.7. The van der Waals surface area contributed by atoms with Gasteiger partial charge in [-0.05, 0) is 31.7 Å². The van der Waals surface area contributed by atoms with Crippen LogP contribution in [0, 0.1) is 0 Å². The van der Waals surface area contributed by atoms with E-state index < -0.39 is 5.97 Å². The highest BCUT2D eigenvalue weighted by atomic mass is 16.4. The Bertz CT molecular complexity index is 388. The van der Waals surface area contributed by atoms with E-state index in [-0.39, 0.29) is 11.1 Å². The minimum atomic E-state index is -0.972. The predicted octanol–water partition coefficient (Wildman–Crippen LogP) is 0.599. The molecule has 1 aromatic heterocycles. The Morgan fingerprint density at radius 1 is 1.60 bits per heavy atom. The van der Waals surface area contributed by atoms with Crippen LogP contribution in [0.3, 0.4) is 0 Å². The third-order valence-corrected chi connectivity index (χ3v) is 2.72. The molecule has 1 aromatic rings. The highest BCUT2D eigenvalue weighted by Crippen LogP contribution is 2.36. The Morgan fingerprint density at radius 2 is 2.33 bits per heavy atom. The largest absolute Gasteiger partial charge is 0.478 e. The summed E-state index contributed by atoms with van der Waals surface area (Å²) in [6, 6.07) is 1.56. The van der Waals surface area contributed by atoms with Crippen LogP contribution < -0.4 is 5.73 Å². The quantitative estimate of drug-likeness (QED) is 0.754. The van der Waals surface area contributed by atoms with E-state index in [4.69, 9.17) is 10.8 Å². The number of hydrogen-bond acceptors (Lipinski definition) is 4. The molecule has 1 fully saturated rings. The van der Waals surface area contributed by atoms with Crippen LogP contribution in [0.1, 0.15) is 35.3 Å². The molecule has 0 radical (unpaired) electrons. The first-order valence-electron chi connectivity index (χ1n) is 4.93. The SMILES string of the molecule is NC1(CCc2cc(C(=O)O)cnn2)CC1. The third-order valence-electron chi connectivity index (χ3n) is 2.72. The molecular formula is C10H13N3O2. The number of carboxylic acid groups (broad SMARTS) is 1. The number of aromatic nitrogens is 2. The normalized spacial score (nSPS) is 17.4. The Labute approximate surface area is 87.3 Å². The van der Waals surface area contributed by atoms with Gasteiger partial charge in [0.1, 0.15) is 0 Å². The molecule has 0 spiro atoms. The molecule has 1 aliphatic carbocycles. The van der Waals surface area contributed by atoms with Crippen molar-refractivity contribution in [1.29, 1.82) is 0 Å². The van der Waals surface area contributed by atoms with Crippen LogP contribution in [0.25, 0.3) is 0 Å². The zero-order valence-corrected chi connectivity index (χ0v) is 8.31. The number of rotatable bonds is 4. The first-order valence-corrected chi connectivity index (χ1v) is 4.93. The second-order valence-electron chi connectivity index (χ2n) is 4.10. The molecule has 1 heterocycles. The van der Waals surface area contributed by atoms with Crippen LogP contribution in [0.15, 0.2) is 12.3 Å². The zero-order chi connectivity index (χ0) is 10.9. The van der Waals surface area contributed by atoms with Crippen LogP contribution in [0.4, 0.5) is 0 Å². The Kier molecular flexibility index (Phi) is 2.40. The second kappa shape index (κ2) is 3.58. The summed E-state index contributed by atoms with van der Waals surface area (Å²) in [7, 11) is 0. The minimum Gasteiger partial charge on any atom is -0.478 e. The fraction of sp³-hybridized carbons (Fsp3) is 0.500. The second-order valence-corrected chi connectivity index (χ2v) is 4.10. The number of nitrogens with two attached hydrogens (primary N) is 1. The summed E-state index contributed by atoms with van der Waals surface area (Å²) in [5, 5.41) is 16.3. The first kappa shape index (κ1) is 10.0. The van der Waals surface area contributed by atoms with E-state index in [1.165, 1.54) is 6.20 Å². The molecule has 5 heteroatoms. The topological polar surface area (TPSA) is 89.1 Å². The molecule has 5 nitrogen and oxygen atoms in total. The summed E-state index contributed by atoms with van der Waals surface area (Å²) in [6.07, 6.45) is 4.91. The summed E-state index contributed by atoms with van der Waals surface area (Å²) in [6.45, 7) is 0. The highest BCUT2D eigenvalue weighted by molar-refractivity contribution is 5.87. The van der Waals surface area contributed by atoms with Gasteiger partial charge in [0.2, 0.25) is 0 Å². The molecular weight excluding hydrogens is 194 g/mol. The van der Waals surface area contributed by atoms with Gasteiger partial charge in [0.25, 0.3) is 0 Å². The maximum atomic E-state index is 10.7. The maximum Gasteiger partial charge on any atom is 0.337 e. The fourth-order valence-electron chi connectivity index (χ4n) is 1.44. The van der Waals surface area contributed by atoms with Crippen LogP contribution in [-0.2, 0) is 6.42 Å². The van der Waals surface area contributed by atoms with Gasteiger partial charge in [0.15, 0.2) is 0 Å². The average Bonchev–Trinajstić information content (AvgIpc) is 2.95. The lowest BCUT2D eigenvalue weighted by Crippen LogP contribution is -2.22. The van der Waals surface area contributed by atoms with Crippen molar-refractivity contribution in [2.75, 3.05) is 0 Å². The van der Waals surface area contributed by atoms with Crippen LogP contribution in [0.2, 0.25) is 0 Å². The molecule has 0 aliphatic heterocycles. The van der Waals surface area contributed by atoms with Crippen molar-refractivity contribution in [3.8, 4) is 0 Å². The summed E-state index contributed by atoms with van der Waals surface area (Å²) >= 11 is 0. The Hall–Kier alpha value is -1.49. The van der Waals surface area contributed by atoms with Gasteiger partial charge in [-0.15, -0.1) is 0 Å². The summed E-state index contributed by atoms with van der Waals surface area (Å²) < 4.78 is 0. The molecule has 2 rings (SSSR count). The zero-order valence-electron chi connectivity index (χ0n) is 8.31. The van der Waals surface area contributed by atoms with Crippen molar-refractivity contribution in [3.05, 3.63) is 23.5 Å². The summed E-state index contributed by atoms with van der Waals surface area (Å²) in [4.78, 5) is 10.7. The molecule has 15 heavy (non-hydrogen) atoms. The summed E-state index contributed by atoms with van der Waals surface area (Å²) in [5.74, 6) is -0.972. The lowest BCUT2D eigenvalue weighted by molar-refractivity contribution is 0.0696. The van der Waals surface area contributed by atoms with Crippen molar-refractivity contribution in [1.82, 2.24) is 10.2 Å². The Morgan fingerprint density at radius 3 is 2.93 bits per heavy atom. The lowest BCUT2D eigenvalue weighted by Gasteiger charge is -2.06. The number of hydrogen-bond donors (Lipinski definition) is 2. The van der Waals surface area contributed by atoms with E-state index >= 15 is 0 Å². The van der Waals surface area contributed by atoms with E-state index in [1.807, 2.05) is 0 Å². The van der Waals surface area contributed by atoms with Gasteiger partial charge in [-0.25, -0.2) is 4.79 Å². The van der Waals surface area contributed by atoms with Crippen molar-refractivity contribution >= 4 is 5.97 Å². The van der Waals surface area contributed by atoms with E-state index in [0.717, 1.165) is 19.3 Å². The van der Waals surface area contributed by atoms with Gasteiger partial charge in [0.05, 0.1) is 17.5 Å². The van der Waals surface area contributed by atoms with Crippen molar-refractivity contribution in [3.63, 3.8) is 0 Å². The molecule has 80 valence electrons. The van der Waals surface area contributed by atoms with Gasteiger partial charge in [-0.1, -0.05) is 0 Å². The molecule has 0 atom stereocenters. The molecule has 1 aliphatic rings. The number of aryl methyl sites for hydroxylation is 1. The number of carbonyl (C=O) groups is 1. The van der Waals surface area contributed by atoms with Crippen LogP contribution in [-0.4, -0.2) is 26.8 Å². The number of aromatic carboxylic acids is 1. The van der Waals surface area contributed by atoms with Gasteiger partial charge in [-0.2, -0.15) is 10.2 Å². The third kappa shape index (κ3) is 2.50. The molecule has 1 saturated carbocycles. The van der Waals surface area contributed by atoms with Crippen LogP contribution >= 0.6 is 0 Å². The lowest BCUT2D eigenvalue weighted by atomic mass is 10.1. The standard InChI is InChI=1S/C10H13N3O2/c11-10(3-4-10)2-1-8-5-7(9(14)15)6-12-13-8/h5-6H,1-4,11H2,(H,14,15).